The van der Waals surface area contributed by atoms with Crippen LogP contribution in [0.2, 0.25) is 0 Å². The van der Waals surface area contributed by atoms with E-state index in [2.05, 4.69) is 6.07 Å². The maximum Gasteiger partial charge on any atom is 0.316 e. The molecule has 0 saturated carbocycles. The van der Waals surface area contributed by atoms with E-state index in [4.69, 9.17) is 9.47 Å². The zero-order chi connectivity index (χ0) is 21.2. The Balaban J connectivity index is 1.49. The van der Waals surface area contributed by atoms with Crippen molar-refractivity contribution in [3.05, 3.63) is 78.4 Å². The zero-order valence-electron chi connectivity index (χ0n) is 17.0. The molecular formula is C24H25NO4S. The number of hydrogen-bond acceptors (Lipinski definition) is 5. The standard InChI is InChI=1S/C24H25NO4S/c1-28-14-13-25(16-19-7-3-2-4-8-19)23(26)17-29-24(27)18-30-22-12-11-20-9-5-6-10-21(20)15-22/h2-12,15H,13-14,16-18H2,1H3. The van der Waals surface area contributed by atoms with Crippen LogP contribution in [0.15, 0.2) is 77.7 Å². The number of ether oxygens (including phenoxy) is 2. The van der Waals surface area contributed by atoms with Gasteiger partial charge in [-0.1, -0.05) is 60.7 Å². The lowest BCUT2D eigenvalue weighted by Crippen LogP contribution is -2.36. The third kappa shape index (κ3) is 6.61. The zero-order valence-corrected chi connectivity index (χ0v) is 17.8. The van der Waals surface area contributed by atoms with E-state index in [0.717, 1.165) is 21.2 Å². The minimum atomic E-state index is -0.409. The number of amides is 1. The third-order valence-corrected chi connectivity index (χ3v) is 5.54. The fourth-order valence-corrected chi connectivity index (χ4v) is 3.71. The Morgan fingerprint density at radius 3 is 2.43 bits per heavy atom. The molecule has 0 bridgehead atoms. The number of nitrogens with zero attached hydrogens (tertiary/aromatic N) is 1. The summed E-state index contributed by atoms with van der Waals surface area (Å²) in [6, 6.07) is 23.8. The maximum absolute atomic E-state index is 12.6. The van der Waals surface area contributed by atoms with Gasteiger partial charge in [0.2, 0.25) is 0 Å². The number of thioether (sulfide) groups is 1. The molecule has 0 radical (unpaired) electrons. The lowest BCUT2D eigenvalue weighted by atomic mass is 10.1. The minimum absolute atomic E-state index is 0.155. The van der Waals surface area contributed by atoms with Gasteiger partial charge < -0.3 is 14.4 Å². The van der Waals surface area contributed by atoms with Crippen LogP contribution >= 0.6 is 11.8 Å². The molecule has 0 aliphatic heterocycles. The summed E-state index contributed by atoms with van der Waals surface area (Å²) in [6.45, 7) is 1.04. The van der Waals surface area contributed by atoms with Crippen molar-refractivity contribution in [1.82, 2.24) is 4.90 Å². The Hall–Kier alpha value is -2.83. The molecule has 0 aliphatic rings. The number of benzene rings is 3. The van der Waals surface area contributed by atoms with Crippen molar-refractivity contribution >= 4 is 34.4 Å². The van der Waals surface area contributed by atoms with E-state index in [1.54, 1.807) is 12.0 Å². The molecule has 0 fully saturated rings. The highest BCUT2D eigenvalue weighted by molar-refractivity contribution is 8.00. The molecule has 0 aliphatic carbocycles. The number of carbonyl (C=O) groups is 2. The average Bonchev–Trinajstić information content (AvgIpc) is 2.79. The lowest BCUT2D eigenvalue weighted by Gasteiger charge is -2.22. The molecule has 0 N–H and O–H groups in total. The molecule has 0 unspecified atom stereocenters. The molecule has 30 heavy (non-hydrogen) atoms. The molecule has 0 spiro atoms. The molecule has 1 amide bonds. The predicted molar refractivity (Wildman–Crippen MR) is 119 cm³/mol. The van der Waals surface area contributed by atoms with Crippen LogP contribution in [0.5, 0.6) is 0 Å². The Labute approximate surface area is 181 Å². The van der Waals surface area contributed by atoms with Crippen LogP contribution in [0.4, 0.5) is 0 Å². The second-order valence-corrected chi connectivity index (χ2v) is 7.80. The average molecular weight is 424 g/mol. The van der Waals surface area contributed by atoms with Crippen LogP contribution in [0, 0.1) is 0 Å². The highest BCUT2D eigenvalue weighted by atomic mass is 32.2. The molecule has 0 atom stereocenters. The van der Waals surface area contributed by atoms with Gasteiger partial charge in [0.25, 0.3) is 5.91 Å². The molecule has 0 heterocycles. The van der Waals surface area contributed by atoms with Gasteiger partial charge in [-0.2, -0.15) is 0 Å². The molecule has 156 valence electrons. The fraction of sp³-hybridized carbons (Fsp3) is 0.250. The van der Waals surface area contributed by atoms with Gasteiger partial charge in [0.05, 0.1) is 12.4 Å². The van der Waals surface area contributed by atoms with Crippen LogP contribution in [0.1, 0.15) is 5.56 Å². The predicted octanol–water partition coefficient (Wildman–Crippen LogP) is 4.15. The van der Waals surface area contributed by atoms with Crippen molar-refractivity contribution in [2.75, 3.05) is 32.6 Å². The van der Waals surface area contributed by atoms with Crippen molar-refractivity contribution in [1.29, 1.82) is 0 Å². The number of esters is 1. The topological polar surface area (TPSA) is 55.8 Å². The summed E-state index contributed by atoms with van der Waals surface area (Å²) in [4.78, 5) is 27.3. The highest BCUT2D eigenvalue weighted by Gasteiger charge is 2.16. The van der Waals surface area contributed by atoms with E-state index in [0.29, 0.717) is 19.7 Å². The minimum Gasteiger partial charge on any atom is -0.455 e. The van der Waals surface area contributed by atoms with Gasteiger partial charge in [-0.15, -0.1) is 11.8 Å². The molecule has 3 rings (SSSR count). The Bertz CT molecular complexity index is 977. The maximum atomic E-state index is 12.6. The van der Waals surface area contributed by atoms with Crippen LogP contribution in [-0.2, 0) is 25.6 Å². The SMILES string of the molecule is COCCN(Cc1ccccc1)C(=O)COC(=O)CSc1ccc2ccccc2c1. The van der Waals surface area contributed by atoms with Crippen molar-refractivity contribution in [2.45, 2.75) is 11.4 Å². The molecule has 3 aromatic carbocycles. The van der Waals surface area contributed by atoms with E-state index in [1.807, 2.05) is 66.7 Å². The quantitative estimate of drug-likeness (QED) is 0.362. The second-order valence-electron chi connectivity index (χ2n) is 6.75. The number of methoxy groups -OCH3 is 1. The summed E-state index contributed by atoms with van der Waals surface area (Å²) in [6.07, 6.45) is 0. The monoisotopic (exact) mass is 423 g/mol. The van der Waals surface area contributed by atoms with Crippen molar-refractivity contribution in [3.63, 3.8) is 0 Å². The summed E-state index contributed by atoms with van der Waals surface area (Å²) in [5.41, 5.74) is 1.01. The van der Waals surface area contributed by atoms with Crippen LogP contribution in [-0.4, -0.2) is 49.4 Å². The van der Waals surface area contributed by atoms with Crippen molar-refractivity contribution in [3.8, 4) is 0 Å². The normalized spacial score (nSPS) is 10.7. The molecule has 0 aromatic heterocycles. The molecule has 5 nitrogen and oxygen atoms in total. The number of fused-ring (bicyclic) bond motifs is 1. The second kappa shape index (κ2) is 11.4. The Kier molecular flexibility index (Phi) is 8.30. The van der Waals surface area contributed by atoms with Gasteiger partial charge >= 0.3 is 5.97 Å². The third-order valence-electron chi connectivity index (χ3n) is 4.57. The van der Waals surface area contributed by atoms with Gasteiger partial charge in [0.15, 0.2) is 6.61 Å². The van der Waals surface area contributed by atoms with Crippen LogP contribution in [0.25, 0.3) is 10.8 Å². The first-order valence-corrected chi connectivity index (χ1v) is 10.7. The summed E-state index contributed by atoms with van der Waals surface area (Å²) < 4.78 is 10.3. The lowest BCUT2D eigenvalue weighted by molar-refractivity contribution is -0.150. The number of hydrogen-bond donors (Lipinski definition) is 0. The summed E-state index contributed by atoms with van der Waals surface area (Å²) in [5, 5.41) is 2.28. The van der Waals surface area contributed by atoms with E-state index in [9.17, 15) is 9.59 Å². The first kappa shape index (κ1) is 21.9. The molecule has 0 saturated heterocycles. The molecule has 6 heteroatoms. The molecule has 3 aromatic rings. The van der Waals surface area contributed by atoms with E-state index < -0.39 is 5.97 Å². The fourth-order valence-electron chi connectivity index (χ4n) is 2.97. The van der Waals surface area contributed by atoms with Gasteiger partial charge in [0, 0.05) is 25.1 Å². The van der Waals surface area contributed by atoms with Crippen molar-refractivity contribution in [2.24, 2.45) is 0 Å². The van der Waals surface area contributed by atoms with Gasteiger partial charge in [-0.25, -0.2) is 0 Å². The Morgan fingerprint density at radius 1 is 0.933 bits per heavy atom. The summed E-state index contributed by atoms with van der Waals surface area (Å²) >= 11 is 1.40. The first-order valence-electron chi connectivity index (χ1n) is 9.73. The van der Waals surface area contributed by atoms with Crippen molar-refractivity contribution < 1.29 is 19.1 Å². The Morgan fingerprint density at radius 2 is 1.67 bits per heavy atom. The number of carbonyl (C=O) groups excluding carboxylic acids is 2. The van der Waals surface area contributed by atoms with Gasteiger partial charge in [0.1, 0.15) is 0 Å². The van der Waals surface area contributed by atoms with E-state index in [-0.39, 0.29) is 18.3 Å². The van der Waals surface area contributed by atoms with Gasteiger partial charge in [-0.3, -0.25) is 9.59 Å². The van der Waals surface area contributed by atoms with Crippen LogP contribution in [0.3, 0.4) is 0 Å². The summed E-state index contributed by atoms with van der Waals surface area (Å²) in [5.74, 6) is -0.490. The van der Waals surface area contributed by atoms with Gasteiger partial charge in [-0.05, 0) is 28.5 Å². The molecular weight excluding hydrogens is 398 g/mol. The highest BCUT2D eigenvalue weighted by Crippen LogP contribution is 2.23. The van der Waals surface area contributed by atoms with E-state index >= 15 is 0 Å². The first-order chi connectivity index (χ1) is 14.7. The van der Waals surface area contributed by atoms with Crippen LogP contribution < -0.4 is 0 Å². The smallest absolute Gasteiger partial charge is 0.316 e. The van der Waals surface area contributed by atoms with E-state index in [1.165, 1.54) is 11.8 Å². The largest absolute Gasteiger partial charge is 0.455 e. The number of rotatable bonds is 10. The summed E-state index contributed by atoms with van der Waals surface area (Å²) in [7, 11) is 1.59.